The average molecular weight is 293 g/mol. The summed E-state index contributed by atoms with van der Waals surface area (Å²) >= 11 is 2.48. The van der Waals surface area contributed by atoms with Crippen molar-refractivity contribution in [1.82, 2.24) is 0 Å². The van der Waals surface area contributed by atoms with Crippen LogP contribution >= 0.6 is 22.6 Å². The standard InChI is InChI=1S/C11H20IN/c1-9(2)5-4-6-11(12)7-10(3)8-13/h9-11H,4-7H2,1-3H3/t10-,11+/m1/s1. The van der Waals surface area contributed by atoms with Crippen molar-refractivity contribution >= 4 is 22.6 Å². The van der Waals surface area contributed by atoms with Gasteiger partial charge in [0.25, 0.3) is 0 Å². The predicted octanol–water partition coefficient (Wildman–Crippen LogP) is 4.17. The van der Waals surface area contributed by atoms with Gasteiger partial charge < -0.3 is 0 Å². The zero-order valence-electron chi connectivity index (χ0n) is 8.89. The van der Waals surface area contributed by atoms with Gasteiger partial charge in [0.15, 0.2) is 0 Å². The molecule has 0 N–H and O–H groups in total. The van der Waals surface area contributed by atoms with Crippen molar-refractivity contribution < 1.29 is 0 Å². The summed E-state index contributed by atoms with van der Waals surface area (Å²) < 4.78 is 0.686. The summed E-state index contributed by atoms with van der Waals surface area (Å²) in [5.74, 6) is 1.04. The summed E-state index contributed by atoms with van der Waals surface area (Å²) in [4.78, 5) is 0. The Kier molecular flexibility index (Phi) is 7.74. The van der Waals surface area contributed by atoms with Crippen LogP contribution in [0.5, 0.6) is 0 Å². The summed E-state index contributed by atoms with van der Waals surface area (Å²) in [6, 6.07) is 2.29. The van der Waals surface area contributed by atoms with Crippen LogP contribution in [-0.4, -0.2) is 3.92 Å². The maximum absolute atomic E-state index is 8.64. The summed E-state index contributed by atoms with van der Waals surface area (Å²) in [6.07, 6.45) is 4.95. The van der Waals surface area contributed by atoms with Crippen molar-refractivity contribution in [3.05, 3.63) is 0 Å². The molecule has 0 aliphatic heterocycles. The minimum atomic E-state index is 0.223. The zero-order valence-corrected chi connectivity index (χ0v) is 11.0. The largest absolute Gasteiger partial charge is 0.198 e. The first-order valence-electron chi connectivity index (χ1n) is 5.10. The van der Waals surface area contributed by atoms with Gasteiger partial charge in [-0.25, -0.2) is 0 Å². The lowest BCUT2D eigenvalue weighted by Crippen LogP contribution is -2.04. The Morgan fingerprint density at radius 3 is 2.31 bits per heavy atom. The van der Waals surface area contributed by atoms with Crippen molar-refractivity contribution in [1.29, 1.82) is 5.26 Å². The van der Waals surface area contributed by atoms with Gasteiger partial charge >= 0.3 is 0 Å². The lowest BCUT2D eigenvalue weighted by molar-refractivity contribution is 0.517. The van der Waals surface area contributed by atoms with Gasteiger partial charge in [-0.2, -0.15) is 5.26 Å². The molecule has 76 valence electrons. The molecule has 0 amide bonds. The number of halogens is 1. The molecule has 2 atom stereocenters. The topological polar surface area (TPSA) is 23.8 Å². The quantitative estimate of drug-likeness (QED) is 0.532. The van der Waals surface area contributed by atoms with Crippen LogP contribution < -0.4 is 0 Å². The van der Waals surface area contributed by atoms with Gasteiger partial charge in [-0.1, -0.05) is 49.3 Å². The first kappa shape index (κ1) is 13.2. The van der Waals surface area contributed by atoms with Gasteiger partial charge in [-0.3, -0.25) is 0 Å². The minimum Gasteiger partial charge on any atom is -0.198 e. The molecule has 1 nitrogen and oxygen atoms in total. The van der Waals surface area contributed by atoms with E-state index in [2.05, 4.69) is 42.5 Å². The Hall–Kier alpha value is 0.220. The third-order valence-electron chi connectivity index (χ3n) is 2.13. The van der Waals surface area contributed by atoms with Gasteiger partial charge in [-0.15, -0.1) is 0 Å². The molecular formula is C11H20IN. The first-order valence-corrected chi connectivity index (χ1v) is 6.34. The molecule has 0 bridgehead atoms. The second-order valence-corrected chi connectivity index (χ2v) is 5.95. The monoisotopic (exact) mass is 293 g/mol. The van der Waals surface area contributed by atoms with E-state index in [1.807, 2.05) is 6.92 Å². The molecule has 13 heavy (non-hydrogen) atoms. The van der Waals surface area contributed by atoms with Crippen LogP contribution in [0.3, 0.4) is 0 Å². The number of nitriles is 1. The first-order chi connectivity index (χ1) is 6.06. The molecule has 0 aromatic carbocycles. The molecule has 0 heterocycles. The molecule has 0 fully saturated rings. The number of nitrogens with zero attached hydrogens (tertiary/aromatic N) is 1. The summed E-state index contributed by atoms with van der Waals surface area (Å²) in [5, 5.41) is 8.64. The molecule has 0 radical (unpaired) electrons. The molecule has 0 spiro atoms. The fraction of sp³-hybridized carbons (Fsp3) is 0.909. The van der Waals surface area contributed by atoms with Crippen molar-refractivity contribution in [2.24, 2.45) is 11.8 Å². The molecule has 0 saturated heterocycles. The van der Waals surface area contributed by atoms with Crippen LogP contribution in [0.1, 0.15) is 46.5 Å². The molecular weight excluding hydrogens is 273 g/mol. The Labute approximate surface area is 96.0 Å². The predicted molar refractivity (Wildman–Crippen MR) is 65.9 cm³/mol. The molecule has 0 unspecified atom stereocenters. The second kappa shape index (κ2) is 7.61. The summed E-state index contributed by atoms with van der Waals surface area (Å²) in [5.41, 5.74) is 0. The third kappa shape index (κ3) is 8.55. The smallest absolute Gasteiger partial charge is 0.0653 e. The van der Waals surface area contributed by atoms with Gasteiger partial charge in [0.05, 0.1) is 6.07 Å². The van der Waals surface area contributed by atoms with Gasteiger partial charge in [-0.05, 0) is 25.7 Å². The van der Waals surface area contributed by atoms with E-state index in [1.54, 1.807) is 0 Å². The van der Waals surface area contributed by atoms with Crippen LogP contribution in [-0.2, 0) is 0 Å². The highest BCUT2D eigenvalue weighted by molar-refractivity contribution is 14.1. The van der Waals surface area contributed by atoms with Crippen molar-refractivity contribution in [3.63, 3.8) is 0 Å². The van der Waals surface area contributed by atoms with E-state index in [4.69, 9.17) is 5.26 Å². The number of hydrogen-bond donors (Lipinski definition) is 0. The van der Waals surface area contributed by atoms with Crippen molar-refractivity contribution in [2.75, 3.05) is 0 Å². The SMILES string of the molecule is CC(C)CCC[C@H](I)C[C@@H](C)C#N. The Bertz CT molecular complexity index is 160. The van der Waals surface area contributed by atoms with E-state index < -0.39 is 0 Å². The van der Waals surface area contributed by atoms with Crippen molar-refractivity contribution in [2.45, 2.75) is 50.4 Å². The van der Waals surface area contributed by atoms with E-state index in [9.17, 15) is 0 Å². The molecule has 0 aromatic heterocycles. The Balaban J connectivity index is 3.41. The number of rotatable bonds is 6. The van der Waals surface area contributed by atoms with Crippen LogP contribution in [0.15, 0.2) is 0 Å². The maximum Gasteiger partial charge on any atom is 0.0653 e. The van der Waals surface area contributed by atoms with E-state index in [0.717, 1.165) is 12.3 Å². The van der Waals surface area contributed by atoms with Crippen LogP contribution in [0.4, 0.5) is 0 Å². The Morgan fingerprint density at radius 2 is 1.85 bits per heavy atom. The highest BCUT2D eigenvalue weighted by atomic mass is 127. The Morgan fingerprint density at radius 1 is 1.23 bits per heavy atom. The van der Waals surface area contributed by atoms with E-state index in [1.165, 1.54) is 19.3 Å². The number of alkyl halides is 1. The van der Waals surface area contributed by atoms with E-state index >= 15 is 0 Å². The van der Waals surface area contributed by atoms with Gasteiger partial charge in [0.2, 0.25) is 0 Å². The minimum absolute atomic E-state index is 0.223. The van der Waals surface area contributed by atoms with Crippen LogP contribution in [0.2, 0.25) is 0 Å². The average Bonchev–Trinajstić information content (AvgIpc) is 2.03. The fourth-order valence-electron chi connectivity index (χ4n) is 1.30. The van der Waals surface area contributed by atoms with Crippen LogP contribution in [0, 0.1) is 23.2 Å². The fourth-order valence-corrected chi connectivity index (χ4v) is 2.50. The van der Waals surface area contributed by atoms with Gasteiger partial charge in [0, 0.05) is 9.84 Å². The highest BCUT2D eigenvalue weighted by Gasteiger charge is 2.09. The normalized spacial score (nSPS) is 15.4. The molecule has 0 aliphatic rings. The summed E-state index contributed by atoms with van der Waals surface area (Å²) in [6.45, 7) is 6.54. The highest BCUT2D eigenvalue weighted by Crippen LogP contribution is 2.20. The number of hydrogen-bond acceptors (Lipinski definition) is 1. The second-order valence-electron chi connectivity index (χ2n) is 4.19. The van der Waals surface area contributed by atoms with E-state index in [-0.39, 0.29) is 5.92 Å². The molecule has 0 saturated carbocycles. The molecule has 2 heteroatoms. The molecule has 0 aromatic rings. The maximum atomic E-state index is 8.64. The van der Waals surface area contributed by atoms with Crippen molar-refractivity contribution in [3.8, 4) is 6.07 Å². The third-order valence-corrected chi connectivity index (χ3v) is 3.26. The van der Waals surface area contributed by atoms with E-state index in [0.29, 0.717) is 3.92 Å². The molecule has 0 rings (SSSR count). The zero-order chi connectivity index (χ0) is 10.3. The summed E-state index contributed by atoms with van der Waals surface area (Å²) in [7, 11) is 0. The molecule has 0 aliphatic carbocycles. The lowest BCUT2D eigenvalue weighted by atomic mass is 10.0. The van der Waals surface area contributed by atoms with Gasteiger partial charge in [0.1, 0.15) is 0 Å². The van der Waals surface area contributed by atoms with Crippen LogP contribution in [0.25, 0.3) is 0 Å². The lowest BCUT2D eigenvalue weighted by Gasteiger charge is -2.11.